The molecule has 12 aromatic carbocycles. The van der Waals surface area contributed by atoms with Crippen LogP contribution in [0.2, 0.25) is 0 Å². The second-order valence-corrected chi connectivity index (χ2v) is 32.9. The van der Waals surface area contributed by atoms with E-state index in [0.29, 0.717) is 5.56 Å². The van der Waals surface area contributed by atoms with Gasteiger partial charge >= 0.3 is 0 Å². The van der Waals surface area contributed by atoms with Crippen LogP contribution < -0.4 is 0 Å². The maximum Gasteiger partial charge on any atom is 0.128 e. The second-order valence-electron chi connectivity index (χ2n) is 30.9. The van der Waals surface area contributed by atoms with Crippen molar-refractivity contribution in [2.24, 2.45) is 9.98 Å². The molecule has 0 spiro atoms. The van der Waals surface area contributed by atoms with Crippen LogP contribution in [-0.2, 0) is 42.7 Å². The Kier molecular flexibility index (Phi) is 19.9. The summed E-state index contributed by atoms with van der Waals surface area (Å²) in [4.78, 5) is 20.7. The van der Waals surface area contributed by atoms with Crippen LogP contribution in [0.15, 0.2) is 222 Å². The van der Waals surface area contributed by atoms with Gasteiger partial charge in [-0.1, -0.05) is 245 Å². The zero-order chi connectivity index (χ0) is 70.7. The van der Waals surface area contributed by atoms with Crippen molar-refractivity contribution in [3.05, 3.63) is 274 Å². The van der Waals surface area contributed by atoms with Gasteiger partial charge in [0.2, 0.25) is 0 Å². The predicted molar refractivity (Wildman–Crippen MR) is 430 cm³/mol. The number of aromatic nitrogens is 2. The van der Waals surface area contributed by atoms with Crippen molar-refractivity contribution < 1.29 is 31.3 Å². The molecule has 0 aliphatic carbocycles. The third-order valence-corrected chi connectivity index (χ3v) is 21.1. The molecule has 0 aliphatic heterocycles. The smallest absolute Gasteiger partial charge is 0.128 e. The van der Waals surface area contributed by atoms with E-state index in [1.807, 2.05) is 48.7 Å². The molecule has 14 aromatic rings. The summed E-state index contributed by atoms with van der Waals surface area (Å²) in [5.74, 6) is 0.562. The van der Waals surface area contributed by atoms with E-state index in [0.717, 1.165) is 91.7 Å². The zero-order valence-corrected chi connectivity index (χ0v) is 64.6. The average Bonchev–Trinajstić information content (AvgIpc) is 1.64. The van der Waals surface area contributed by atoms with Gasteiger partial charge in [0.1, 0.15) is 21.5 Å². The van der Waals surface area contributed by atoms with E-state index in [-0.39, 0.29) is 54.2 Å². The van der Waals surface area contributed by atoms with Crippen LogP contribution >= 0.6 is 22.7 Å². The Labute approximate surface area is 618 Å². The Hall–Kier alpha value is -9.43. The summed E-state index contributed by atoms with van der Waals surface area (Å²) in [7, 11) is 0. The number of thiazole rings is 2. The molecule has 0 atom stereocenters. The maximum absolute atomic E-state index is 11.4. The van der Waals surface area contributed by atoms with Gasteiger partial charge in [0, 0.05) is 82.7 Å². The van der Waals surface area contributed by atoms with Crippen molar-refractivity contribution in [2.45, 2.75) is 132 Å². The molecule has 0 amide bonds. The van der Waals surface area contributed by atoms with Crippen LogP contribution in [0.25, 0.3) is 108 Å². The number of aliphatic imine (C=N–C) groups is 2. The number of fused-ring (bicyclic) bond motifs is 4. The van der Waals surface area contributed by atoms with Gasteiger partial charge in [-0.2, -0.15) is 0 Å². The van der Waals surface area contributed by atoms with Crippen LogP contribution in [0.1, 0.15) is 139 Å². The van der Waals surface area contributed by atoms with E-state index in [2.05, 4.69) is 287 Å². The van der Waals surface area contributed by atoms with Crippen molar-refractivity contribution >= 4 is 88.5 Å². The Bertz CT molecular complexity index is 5210. The Morgan fingerprint density at radius 3 is 1.29 bits per heavy atom. The number of nitrogens with zero attached hydrogens (tertiary/aromatic N) is 4. The van der Waals surface area contributed by atoms with Crippen LogP contribution in [0.5, 0.6) is 11.5 Å². The number of phenols is 2. The van der Waals surface area contributed by atoms with Gasteiger partial charge in [0.25, 0.3) is 0 Å². The first-order valence-corrected chi connectivity index (χ1v) is 36.1. The number of hydrogen-bond donors (Lipinski definition) is 2. The number of rotatable bonds is 10. The number of phenolic OH excluding ortho intramolecular Hbond substituents is 2. The van der Waals surface area contributed by atoms with Crippen molar-refractivity contribution in [1.29, 1.82) is 0 Å². The van der Waals surface area contributed by atoms with E-state index >= 15 is 0 Å². The SMILES string of the molecule is Cc1ccc(C)c(-c2cc(-c3[c-]ccc4ccccc34)c3nc(-c4ccccc4N=Cc4cc(C(C)(C)C)cc(C(C)(C)C)c4O)sc3c2)c1.Cc1ccc(C)c(-c2cc(-c3cccc4ccccc34)c3nc(-c4ccccc4N=Cc4cc(C(C)(C)C)cc(C(C)(C)C)c4O)sc3c2)c1.[Pt]. The van der Waals surface area contributed by atoms with Gasteiger partial charge in [-0.25, -0.2) is 9.97 Å². The molecule has 0 aliphatic rings. The molecule has 510 valence electrons. The third kappa shape index (κ3) is 14.9. The number of aromatic hydroxyl groups is 2. The van der Waals surface area contributed by atoms with E-state index in [4.69, 9.17) is 20.0 Å². The van der Waals surface area contributed by atoms with Gasteiger partial charge < -0.3 is 10.2 Å². The van der Waals surface area contributed by atoms with Crippen molar-refractivity contribution in [3.63, 3.8) is 0 Å². The first-order chi connectivity index (χ1) is 47.5. The standard InChI is InChI=1S/C46H44N2OS.C46H43N2OS.Pt/c2*1-28-20-21-29(2)37(22-28)31-24-38(35-18-13-15-30-14-9-10-16-34(30)35)42-41(25-31)50-44(48-42)36-17-11-12-19-40(36)47-27-32-23-33(45(3,4)5)26-39(43(32)49)46(6,7)8;/h9-27,49H,1-8H3;9-17,19-27,49H,1-8H3;/q;-1;. The molecule has 0 saturated heterocycles. The third-order valence-electron chi connectivity index (χ3n) is 19.0. The predicted octanol–water partition coefficient (Wildman–Crippen LogP) is 26.0. The molecule has 0 bridgehead atoms. The molecule has 0 fully saturated rings. The largest absolute Gasteiger partial charge is 0.507 e. The van der Waals surface area contributed by atoms with Crippen LogP contribution in [0, 0.1) is 33.8 Å². The van der Waals surface area contributed by atoms with E-state index in [1.165, 1.54) is 77.4 Å². The summed E-state index contributed by atoms with van der Waals surface area (Å²) in [6, 6.07) is 78.5. The van der Waals surface area contributed by atoms with Gasteiger partial charge in [-0.15, -0.1) is 57.2 Å². The molecule has 2 aromatic heterocycles. The summed E-state index contributed by atoms with van der Waals surface area (Å²) >= 11 is 3.39. The summed E-state index contributed by atoms with van der Waals surface area (Å²) in [5.41, 5.74) is 24.7. The molecule has 101 heavy (non-hydrogen) atoms. The Morgan fingerprint density at radius 2 is 0.802 bits per heavy atom. The number of hydrogen-bond acceptors (Lipinski definition) is 8. The average molecular weight is 1540 g/mol. The van der Waals surface area contributed by atoms with Crippen molar-refractivity contribution in [1.82, 2.24) is 9.97 Å². The van der Waals surface area contributed by atoms with Crippen LogP contribution in [0.3, 0.4) is 0 Å². The van der Waals surface area contributed by atoms with E-state index < -0.39 is 0 Å². The minimum absolute atomic E-state index is 0. The fourth-order valence-electron chi connectivity index (χ4n) is 13.3. The molecule has 0 radical (unpaired) electrons. The van der Waals surface area contributed by atoms with Gasteiger partial charge in [0.05, 0.1) is 21.6 Å². The topological polar surface area (TPSA) is 91.0 Å². The van der Waals surface area contributed by atoms with Crippen LogP contribution in [0.4, 0.5) is 11.4 Å². The summed E-state index contributed by atoms with van der Waals surface area (Å²) in [6.07, 6.45) is 3.62. The van der Waals surface area contributed by atoms with Gasteiger partial charge in [-0.05, 0) is 165 Å². The first kappa shape index (κ1) is 71.4. The maximum atomic E-state index is 11.4. The molecule has 0 saturated carbocycles. The van der Waals surface area contributed by atoms with Crippen LogP contribution in [-0.4, -0.2) is 32.6 Å². The molecule has 6 nitrogen and oxygen atoms in total. The van der Waals surface area contributed by atoms with Gasteiger partial charge in [0.15, 0.2) is 0 Å². The fourth-order valence-corrected chi connectivity index (χ4v) is 15.4. The minimum atomic E-state index is -0.220. The van der Waals surface area contributed by atoms with Crippen molar-refractivity contribution in [3.8, 4) is 77.1 Å². The molecular weight excluding hydrogens is 1450 g/mol. The zero-order valence-electron chi connectivity index (χ0n) is 60.7. The molecule has 0 unspecified atom stereocenters. The molecular formula is C92H87N4O2PtS2-. The summed E-state index contributed by atoms with van der Waals surface area (Å²) in [5, 5.41) is 29.4. The molecule has 9 heteroatoms. The van der Waals surface area contributed by atoms with E-state index in [1.54, 1.807) is 28.9 Å². The summed E-state index contributed by atoms with van der Waals surface area (Å²) in [6.45, 7) is 34.7. The number of aryl methyl sites for hydroxylation is 4. The fraction of sp³-hybridized carbons (Fsp3) is 0.217. The Morgan fingerprint density at radius 1 is 0.386 bits per heavy atom. The second kappa shape index (κ2) is 28.2. The summed E-state index contributed by atoms with van der Waals surface area (Å²) < 4.78 is 2.24. The molecule has 2 N–H and O–H groups in total. The minimum Gasteiger partial charge on any atom is -0.507 e. The molecule has 2 heterocycles. The number of benzene rings is 12. The first-order valence-electron chi connectivity index (χ1n) is 34.5. The normalized spacial score (nSPS) is 12.3. The number of para-hydroxylation sites is 2. The van der Waals surface area contributed by atoms with E-state index in [9.17, 15) is 10.2 Å². The van der Waals surface area contributed by atoms with Crippen molar-refractivity contribution in [2.75, 3.05) is 0 Å². The van der Waals surface area contributed by atoms with Gasteiger partial charge in [-0.3, -0.25) is 9.98 Å². The Balaban J connectivity index is 0.000000189. The molecule has 14 rings (SSSR count). The monoisotopic (exact) mass is 1540 g/mol. The quantitative estimate of drug-likeness (QED) is 0.105.